The van der Waals surface area contributed by atoms with Crippen LogP contribution in [0.5, 0.6) is 5.75 Å². The van der Waals surface area contributed by atoms with Gasteiger partial charge in [0.15, 0.2) is 5.82 Å². The molecule has 0 atom stereocenters. The molecule has 0 aliphatic heterocycles. The first-order valence-electron chi connectivity index (χ1n) is 10.6. The van der Waals surface area contributed by atoms with Crippen molar-refractivity contribution >= 4 is 27.8 Å². The number of aromatic nitrogens is 3. The lowest BCUT2D eigenvalue weighted by atomic mass is 9.96. The van der Waals surface area contributed by atoms with Gasteiger partial charge in [-0.2, -0.15) is 0 Å². The van der Waals surface area contributed by atoms with Gasteiger partial charge in [-0.05, 0) is 36.0 Å². The van der Waals surface area contributed by atoms with Crippen molar-refractivity contribution in [3.63, 3.8) is 0 Å². The average molecular weight is 403 g/mol. The molecular weight excluding hydrogens is 372 g/mol. The Hall–Kier alpha value is -3.08. The van der Waals surface area contributed by atoms with Gasteiger partial charge in [-0.3, -0.25) is 0 Å². The molecule has 30 heavy (non-hydrogen) atoms. The van der Waals surface area contributed by atoms with E-state index in [9.17, 15) is 0 Å². The highest BCUT2D eigenvalue weighted by Gasteiger charge is 2.19. The van der Waals surface area contributed by atoms with Gasteiger partial charge in [0.1, 0.15) is 17.9 Å². The molecule has 0 spiro atoms. The highest BCUT2D eigenvalue weighted by Crippen LogP contribution is 2.36. The molecule has 0 unspecified atom stereocenters. The summed E-state index contributed by atoms with van der Waals surface area (Å²) in [4.78, 5) is 9.26. The van der Waals surface area contributed by atoms with E-state index in [-0.39, 0.29) is 0 Å². The van der Waals surface area contributed by atoms with Crippen molar-refractivity contribution in [2.24, 2.45) is 5.92 Å². The Balaban J connectivity index is 1.83. The number of hydrogen-bond acceptors (Lipinski definition) is 4. The number of nitrogen functional groups attached to an aromatic ring is 1. The van der Waals surface area contributed by atoms with Crippen LogP contribution < -0.4 is 10.5 Å². The molecule has 0 aliphatic carbocycles. The smallest absolute Gasteiger partial charge is 0.152 e. The fourth-order valence-electron chi connectivity index (χ4n) is 3.90. The number of nitrogens with zero attached hydrogens (tertiary/aromatic N) is 3. The molecule has 0 aliphatic rings. The average Bonchev–Trinajstić information content (AvgIpc) is 3.10. The molecule has 2 aromatic carbocycles. The zero-order valence-corrected chi connectivity index (χ0v) is 18.4. The van der Waals surface area contributed by atoms with Crippen molar-refractivity contribution in [1.29, 1.82) is 0 Å². The predicted molar refractivity (Wildman–Crippen MR) is 124 cm³/mol. The molecule has 5 nitrogen and oxygen atoms in total. The van der Waals surface area contributed by atoms with E-state index in [0.29, 0.717) is 24.3 Å². The van der Waals surface area contributed by atoms with Gasteiger partial charge >= 0.3 is 0 Å². The summed E-state index contributed by atoms with van der Waals surface area (Å²) in [6.07, 6.45) is 1.88. The maximum absolute atomic E-state index is 6.29. The fourth-order valence-corrected chi connectivity index (χ4v) is 3.90. The highest BCUT2D eigenvalue weighted by molar-refractivity contribution is 6.08. The lowest BCUT2D eigenvalue weighted by Gasteiger charge is -2.17. The summed E-state index contributed by atoms with van der Waals surface area (Å²) in [5, 5.41) is 1.12. The fraction of sp³-hybridized carbons (Fsp3) is 0.360. The van der Waals surface area contributed by atoms with Gasteiger partial charge in [0, 0.05) is 18.0 Å². The van der Waals surface area contributed by atoms with Crippen molar-refractivity contribution in [3.05, 3.63) is 59.4 Å². The van der Waals surface area contributed by atoms with Crippen LogP contribution in [0.15, 0.2) is 42.7 Å². The first kappa shape index (κ1) is 20.2. The normalized spacial score (nSPS) is 11.8. The second kappa shape index (κ2) is 7.98. The van der Waals surface area contributed by atoms with Crippen LogP contribution in [0, 0.1) is 12.8 Å². The number of pyridine rings is 1. The summed E-state index contributed by atoms with van der Waals surface area (Å²) in [5.41, 5.74) is 12.6. The summed E-state index contributed by atoms with van der Waals surface area (Å²) in [6, 6.07) is 12.6. The topological polar surface area (TPSA) is 66.0 Å². The minimum absolute atomic E-state index is 0.312. The molecule has 0 saturated carbocycles. The Morgan fingerprint density at radius 3 is 2.47 bits per heavy atom. The zero-order chi connectivity index (χ0) is 21.4. The van der Waals surface area contributed by atoms with E-state index < -0.39 is 0 Å². The number of anilines is 1. The van der Waals surface area contributed by atoms with Crippen LogP contribution in [-0.4, -0.2) is 14.5 Å². The maximum atomic E-state index is 6.29. The largest absolute Gasteiger partial charge is 0.489 e. The number of fused-ring (bicyclic) bond motifs is 3. The Morgan fingerprint density at radius 2 is 1.80 bits per heavy atom. The van der Waals surface area contributed by atoms with Gasteiger partial charge < -0.3 is 15.0 Å². The van der Waals surface area contributed by atoms with E-state index in [4.69, 9.17) is 10.5 Å². The molecular formula is C25H30N4O. The SMILES string of the molecule is Cc1ccc(COc2cc(C(C)C)c3c(c2)nc(N)c2ncn(CC(C)C)c23)cc1. The Bertz CT molecular complexity index is 1190. The number of hydrogen-bond donors (Lipinski definition) is 1. The van der Waals surface area contributed by atoms with Crippen LogP contribution in [-0.2, 0) is 13.2 Å². The zero-order valence-electron chi connectivity index (χ0n) is 18.4. The number of rotatable bonds is 6. The lowest BCUT2D eigenvalue weighted by Crippen LogP contribution is -2.05. The van der Waals surface area contributed by atoms with E-state index in [2.05, 4.69) is 79.5 Å². The second-order valence-electron chi connectivity index (χ2n) is 8.82. The molecule has 0 bridgehead atoms. The summed E-state index contributed by atoms with van der Waals surface area (Å²) in [5.74, 6) is 2.09. The van der Waals surface area contributed by atoms with Gasteiger partial charge in [-0.1, -0.05) is 57.5 Å². The van der Waals surface area contributed by atoms with Crippen molar-refractivity contribution in [1.82, 2.24) is 14.5 Å². The number of imidazole rings is 1. The van der Waals surface area contributed by atoms with Gasteiger partial charge in [-0.15, -0.1) is 0 Å². The quantitative estimate of drug-likeness (QED) is 0.440. The van der Waals surface area contributed by atoms with Gasteiger partial charge in [0.2, 0.25) is 0 Å². The maximum Gasteiger partial charge on any atom is 0.152 e. The summed E-state index contributed by atoms with van der Waals surface area (Å²) in [7, 11) is 0. The Morgan fingerprint density at radius 1 is 1.07 bits per heavy atom. The Kier molecular flexibility index (Phi) is 5.37. The minimum Gasteiger partial charge on any atom is -0.489 e. The van der Waals surface area contributed by atoms with Crippen LogP contribution >= 0.6 is 0 Å². The van der Waals surface area contributed by atoms with E-state index in [1.807, 2.05) is 12.4 Å². The van der Waals surface area contributed by atoms with Gasteiger partial charge in [0.05, 0.1) is 17.4 Å². The van der Waals surface area contributed by atoms with Crippen molar-refractivity contribution in [2.75, 3.05) is 5.73 Å². The molecule has 4 aromatic rings. The minimum atomic E-state index is 0.312. The van der Waals surface area contributed by atoms with E-state index in [0.717, 1.165) is 39.8 Å². The molecule has 0 amide bonds. The van der Waals surface area contributed by atoms with Gasteiger partial charge in [-0.25, -0.2) is 9.97 Å². The summed E-state index contributed by atoms with van der Waals surface area (Å²) >= 11 is 0. The third-order valence-corrected chi connectivity index (χ3v) is 5.39. The van der Waals surface area contributed by atoms with E-state index >= 15 is 0 Å². The first-order valence-corrected chi connectivity index (χ1v) is 10.6. The van der Waals surface area contributed by atoms with Crippen LogP contribution in [0.4, 0.5) is 5.82 Å². The van der Waals surface area contributed by atoms with Crippen LogP contribution in [0.3, 0.4) is 0 Å². The first-order chi connectivity index (χ1) is 14.3. The number of benzene rings is 2. The van der Waals surface area contributed by atoms with Crippen LogP contribution in [0.25, 0.3) is 21.9 Å². The van der Waals surface area contributed by atoms with Crippen LogP contribution in [0.2, 0.25) is 0 Å². The molecule has 5 heteroatoms. The summed E-state index contributed by atoms with van der Waals surface area (Å²) < 4.78 is 8.36. The van der Waals surface area contributed by atoms with Crippen molar-refractivity contribution in [2.45, 2.75) is 53.7 Å². The molecule has 0 radical (unpaired) electrons. The molecule has 0 fully saturated rings. The van der Waals surface area contributed by atoms with E-state index in [1.165, 1.54) is 11.1 Å². The highest BCUT2D eigenvalue weighted by atomic mass is 16.5. The monoisotopic (exact) mass is 402 g/mol. The lowest BCUT2D eigenvalue weighted by molar-refractivity contribution is 0.306. The van der Waals surface area contributed by atoms with Gasteiger partial charge in [0.25, 0.3) is 0 Å². The molecule has 156 valence electrons. The molecule has 0 saturated heterocycles. The second-order valence-corrected chi connectivity index (χ2v) is 8.82. The third-order valence-electron chi connectivity index (χ3n) is 5.39. The van der Waals surface area contributed by atoms with Crippen molar-refractivity contribution in [3.8, 4) is 5.75 Å². The molecule has 4 rings (SSSR count). The van der Waals surface area contributed by atoms with E-state index in [1.54, 1.807) is 0 Å². The molecule has 2 N–H and O–H groups in total. The summed E-state index contributed by atoms with van der Waals surface area (Å²) in [6.45, 7) is 12.3. The van der Waals surface area contributed by atoms with Crippen LogP contribution in [0.1, 0.15) is 50.3 Å². The molecule has 2 aromatic heterocycles. The standard InChI is InChI=1S/C25H30N4O/c1-15(2)12-29-14-27-23-24(29)22-20(16(3)4)10-19(11-21(22)28-25(23)26)30-13-18-8-6-17(5)7-9-18/h6-11,14-16H,12-13H2,1-5H3,(H2,26,28). The third kappa shape index (κ3) is 3.84. The number of nitrogens with two attached hydrogens (primary N) is 1. The predicted octanol–water partition coefficient (Wildman–Crippen LogP) is 5.83. The Labute approximate surface area is 177 Å². The van der Waals surface area contributed by atoms with Crippen molar-refractivity contribution < 1.29 is 4.74 Å². The number of ether oxygens (including phenoxy) is 1. The molecule has 2 heterocycles. The number of aryl methyl sites for hydroxylation is 1.